The number of nitrogens with zero attached hydrogens (tertiary/aromatic N) is 2. The van der Waals surface area contributed by atoms with E-state index in [1.165, 1.54) is 25.4 Å². The molecule has 2 rings (SSSR count). The summed E-state index contributed by atoms with van der Waals surface area (Å²) in [6.45, 7) is 1.68. The van der Waals surface area contributed by atoms with Crippen LogP contribution in [0.15, 0.2) is 40.0 Å². The molecule has 2 N–H and O–H groups in total. The van der Waals surface area contributed by atoms with E-state index in [-0.39, 0.29) is 5.09 Å². The summed E-state index contributed by atoms with van der Waals surface area (Å²) in [5.74, 6) is 0.871. The lowest BCUT2D eigenvalue weighted by atomic mass is 10.4. The van der Waals surface area contributed by atoms with Gasteiger partial charge in [-0.05, 0) is 31.2 Å². The predicted molar refractivity (Wildman–Crippen MR) is 67.7 cm³/mol. The maximum absolute atomic E-state index is 12.2. The smallest absolute Gasteiger partial charge is 0.297 e. The van der Waals surface area contributed by atoms with Crippen molar-refractivity contribution in [1.82, 2.24) is 4.98 Å². The normalized spacial score (nSPS) is 11.4. The molecule has 0 radical (unpaired) electrons. The van der Waals surface area contributed by atoms with Crippen LogP contribution in [0, 0.1) is 6.92 Å². The predicted octanol–water partition coefficient (Wildman–Crippen LogP) is 1.39. The molecule has 2 aromatic rings. The Morgan fingerprint density at radius 3 is 2.50 bits per heavy atom. The van der Waals surface area contributed by atoms with Gasteiger partial charge in [-0.25, -0.2) is 4.98 Å². The van der Waals surface area contributed by atoms with Crippen LogP contribution in [0.2, 0.25) is 0 Å². The summed E-state index contributed by atoms with van der Waals surface area (Å²) in [4.78, 5) is 3.85. The van der Waals surface area contributed by atoms with Gasteiger partial charge >= 0.3 is 0 Å². The molecule has 0 aliphatic carbocycles. The van der Waals surface area contributed by atoms with Crippen LogP contribution in [0.1, 0.15) is 5.76 Å². The molecule has 0 aliphatic rings. The quantitative estimate of drug-likeness (QED) is 0.907. The van der Waals surface area contributed by atoms with Gasteiger partial charge in [0.05, 0.1) is 11.9 Å². The molecular formula is C11H13N3O3S. The molecular weight excluding hydrogens is 254 g/mol. The Morgan fingerprint density at radius 1 is 1.28 bits per heavy atom. The number of pyridine rings is 1. The number of hydrogen-bond acceptors (Lipinski definition) is 5. The van der Waals surface area contributed by atoms with Crippen molar-refractivity contribution < 1.29 is 12.8 Å². The first-order valence-corrected chi connectivity index (χ1v) is 6.62. The van der Waals surface area contributed by atoms with Crippen molar-refractivity contribution in [1.29, 1.82) is 0 Å². The van der Waals surface area contributed by atoms with Crippen molar-refractivity contribution in [2.24, 2.45) is 0 Å². The molecule has 2 aromatic heterocycles. The van der Waals surface area contributed by atoms with Crippen molar-refractivity contribution in [3.8, 4) is 0 Å². The molecule has 0 saturated heterocycles. The molecule has 6 nitrogen and oxygen atoms in total. The molecule has 0 bridgehead atoms. The van der Waals surface area contributed by atoms with Gasteiger partial charge in [0.15, 0.2) is 0 Å². The highest BCUT2D eigenvalue weighted by Crippen LogP contribution is 2.22. The number of nitrogens with two attached hydrogens (primary N) is 1. The van der Waals surface area contributed by atoms with Gasteiger partial charge in [0.2, 0.25) is 5.09 Å². The molecule has 2 heterocycles. The highest BCUT2D eigenvalue weighted by molar-refractivity contribution is 7.92. The van der Waals surface area contributed by atoms with Gasteiger partial charge in [-0.15, -0.1) is 0 Å². The minimum Gasteiger partial charge on any atom is -0.448 e. The fraction of sp³-hybridized carbons (Fsp3) is 0.182. The number of aromatic nitrogens is 1. The minimum absolute atomic E-state index is 0.0978. The molecule has 0 aromatic carbocycles. The summed E-state index contributed by atoms with van der Waals surface area (Å²) in [7, 11) is -2.27. The van der Waals surface area contributed by atoms with Crippen molar-refractivity contribution in [2.45, 2.75) is 12.0 Å². The van der Waals surface area contributed by atoms with Gasteiger partial charge in [-0.3, -0.25) is 4.31 Å². The Bertz CT molecular complexity index is 646. The largest absolute Gasteiger partial charge is 0.448 e. The summed E-state index contributed by atoms with van der Waals surface area (Å²) in [6.07, 6.45) is 1.39. The number of hydrogen-bond donors (Lipinski definition) is 1. The Labute approximate surface area is 105 Å². The van der Waals surface area contributed by atoms with Crippen LogP contribution in [0.4, 0.5) is 11.5 Å². The van der Waals surface area contributed by atoms with E-state index in [2.05, 4.69) is 4.98 Å². The lowest BCUT2D eigenvalue weighted by molar-refractivity contribution is 0.428. The van der Waals surface area contributed by atoms with Crippen LogP contribution in [0.5, 0.6) is 0 Å². The Kier molecular flexibility index (Phi) is 3.00. The third-order valence-corrected chi connectivity index (χ3v) is 4.12. The average Bonchev–Trinajstić information content (AvgIpc) is 2.76. The first-order valence-electron chi connectivity index (χ1n) is 5.18. The number of nitrogen functional groups attached to an aromatic ring is 1. The summed E-state index contributed by atoms with van der Waals surface area (Å²) < 4.78 is 30.6. The van der Waals surface area contributed by atoms with E-state index in [9.17, 15) is 8.42 Å². The average molecular weight is 267 g/mol. The van der Waals surface area contributed by atoms with Crippen LogP contribution < -0.4 is 10.0 Å². The number of rotatable bonds is 3. The molecule has 0 spiro atoms. The van der Waals surface area contributed by atoms with E-state index in [1.54, 1.807) is 19.1 Å². The molecule has 0 fully saturated rings. The van der Waals surface area contributed by atoms with E-state index in [1.807, 2.05) is 0 Å². The van der Waals surface area contributed by atoms with Gasteiger partial charge in [0.1, 0.15) is 11.6 Å². The molecule has 0 saturated carbocycles. The maximum Gasteiger partial charge on any atom is 0.297 e. The second-order valence-corrected chi connectivity index (χ2v) is 5.68. The molecule has 0 amide bonds. The first-order chi connectivity index (χ1) is 8.41. The molecule has 18 heavy (non-hydrogen) atoms. The molecule has 0 unspecified atom stereocenters. The molecule has 0 aliphatic heterocycles. The van der Waals surface area contributed by atoms with Gasteiger partial charge in [-0.1, -0.05) is 0 Å². The van der Waals surface area contributed by atoms with Crippen LogP contribution in [0.25, 0.3) is 0 Å². The van der Waals surface area contributed by atoms with E-state index >= 15 is 0 Å². The van der Waals surface area contributed by atoms with Crippen LogP contribution >= 0.6 is 0 Å². The fourth-order valence-electron chi connectivity index (χ4n) is 1.41. The Balaban J connectivity index is 2.39. The first kappa shape index (κ1) is 12.4. The third-order valence-electron chi connectivity index (χ3n) is 2.46. The lowest BCUT2D eigenvalue weighted by Gasteiger charge is -2.17. The van der Waals surface area contributed by atoms with Gasteiger partial charge < -0.3 is 10.2 Å². The Hall–Kier alpha value is -2.02. The van der Waals surface area contributed by atoms with E-state index in [0.717, 1.165) is 4.31 Å². The van der Waals surface area contributed by atoms with Gasteiger partial charge in [-0.2, -0.15) is 8.42 Å². The molecule has 7 heteroatoms. The van der Waals surface area contributed by atoms with Crippen LogP contribution in [0.3, 0.4) is 0 Å². The second-order valence-electron chi connectivity index (χ2n) is 3.78. The standard InChI is InChI=1S/C11H13N3O3S/c1-8-3-6-11(17-8)18(15,16)14(2)9-4-5-10(12)13-7-9/h3-7H,1-2H3,(H2,12,13). The van der Waals surface area contributed by atoms with Crippen LogP contribution in [-0.4, -0.2) is 20.4 Å². The van der Waals surface area contributed by atoms with E-state index in [0.29, 0.717) is 17.3 Å². The summed E-state index contributed by atoms with van der Waals surface area (Å²) in [5, 5.41) is -0.0978. The topological polar surface area (TPSA) is 89.4 Å². The van der Waals surface area contributed by atoms with Crippen LogP contribution in [-0.2, 0) is 10.0 Å². The van der Waals surface area contributed by atoms with E-state index < -0.39 is 10.0 Å². The zero-order valence-corrected chi connectivity index (χ0v) is 10.8. The summed E-state index contributed by atoms with van der Waals surface area (Å²) in [6, 6.07) is 6.14. The maximum atomic E-state index is 12.2. The molecule has 96 valence electrons. The van der Waals surface area contributed by atoms with E-state index in [4.69, 9.17) is 10.2 Å². The minimum atomic E-state index is -3.70. The number of sulfonamides is 1. The van der Waals surface area contributed by atoms with Crippen molar-refractivity contribution in [3.63, 3.8) is 0 Å². The highest BCUT2D eigenvalue weighted by Gasteiger charge is 2.24. The van der Waals surface area contributed by atoms with Gasteiger partial charge in [0.25, 0.3) is 10.0 Å². The monoisotopic (exact) mass is 267 g/mol. The number of anilines is 2. The zero-order chi connectivity index (χ0) is 13.3. The SMILES string of the molecule is Cc1ccc(S(=O)(=O)N(C)c2ccc(N)nc2)o1. The summed E-state index contributed by atoms with van der Waals surface area (Å²) >= 11 is 0. The zero-order valence-electron chi connectivity index (χ0n) is 9.99. The lowest BCUT2D eigenvalue weighted by Crippen LogP contribution is -2.26. The number of aryl methyl sites for hydroxylation is 1. The summed E-state index contributed by atoms with van der Waals surface area (Å²) in [5.41, 5.74) is 5.87. The van der Waals surface area contributed by atoms with Gasteiger partial charge in [0, 0.05) is 7.05 Å². The highest BCUT2D eigenvalue weighted by atomic mass is 32.2. The molecule has 0 atom stereocenters. The Morgan fingerprint density at radius 2 is 2.00 bits per heavy atom. The number of furan rings is 1. The fourth-order valence-corrected chi connectivity index (χ4v) is 2.54. The second kappa shape index (κ2) is 4.34. The van der Waals surface area contributed by atoms with Crippen molar-refractivity contribution in [2.75, 3.05) is 17.1 Å². The van der Waals surface area contributed by atoms with Crippen molar-refractivity contribution >= 4 is 21.5 Å². The third kappa shape index (κ3) is 2.17. The van der Waals surface area contributed by atoms with Crippen molar-refractivity contribution in [3.05, 3.63) is 36.2 Å².